The van der Waals surface area contributed by atoms with Crippen molar-refractivity contribution in [1.82, 2.24) is 15.1 Å². The van der Waals surface area contributed by atoms with E-state index in [0.29, 0.717) is 13.0 Å². The number of nitrogens with one attached hydrogen (secondary N) is 2. The number of rotatable bonds is 3. The average Bonchev–Trinajstić information content (AvgIpc) is 2.54. The van der Waals surface area contributed by atoms with E-state index in [0.717, 1.165) is 17.8 Å². The Balaban J connectivity index is 2.22. The Morgan fingerprint density at radius 3 is 3.00 bits per heavy atom. The Hall–Kier alpha value is -1.56. The van der Waals surface area contributed by atoms with Crippen LogP contribution in [0.15, 0.2) is 4.79 Å². The predicted octanol–water partition coefficient (Wildman–Crippen LogP) is -0.703. The van der Waals surface area contributed by atoms with Crippen LogP contribution in [0.3, 0.4) is 0 Å². The summed E-state index contributed by atoms with van der Waals surface area (Å²) in [5, 5.41) is 14.6. The standard InChI is InChI=1S/C9H13N3O3/c13-8(14)2-4-12-9(15)6-1-3-10-5-7(6)11-12/h10-11H,1-5H2,(H,13,14). The summed E-state index contributed by atoms with van der Waals surface area (Å²) < 4.78 is 1.38. The molecule has 82 valence electrons. The molecule has 0 unspecified atom stereocenters. The highest BCUT2D eigenvalue weighted by Crippen LogP contribution is 2.06. The molecule has 2 rings (SSSR count). The molecule has 0 saturated carbocycles. The molecule has 0 spiro atoms. The number of aryl methyl sites for hydroxylation is 1. The van der Waals surface area contributed by atoms with Crippen LogP contribution in [0.25, 0.3) is 0 Å². The summed E-state index contributed by atoms with van der Waals surface area (Å²) in [6, 6.07) is 0. The summed E-state index contributed by atoms with van der Waals surface area (Å²) in [5.41, 5.74) is 1.60. The normalized spacial score (nSPS) is 14.9. The van der Waals surface area contributed by atoms with E-state index < -0.39 is 5.97 Å². The third-order valence-corrected chi connectivity index (χ3v) is 2.54. The number of fused-ring (bicyclic) bond motifs is 1. The smallest absolute Gasteiger partial charge is 0.305 e. The molecule has 0 bridgehead atoms. The van der Waals surface area contributed by atoms with Gasteiger partial charge in [-0.15, -0.1) is 0 Å². The number of aromatic nitrogens is 2. The topological polar surface area (TPSA) is 87.1 Å². The molecule has 0 saturated heterocycles. The largest absolute Gasteiger partial charge is 0.481 e. The van der Waals surface area contributed by atoms with Crippen molar-refractivity contribution in [1.29, 1.82) is 0 Å². The number of nitrogens with zero attached hydrogens (tertiary/aromatic N) is 1. The van der Waals surface area contributed by atoms with Crippen molar-refractivity contribution in [2.24, 2.45) is 0 Å². The minimum Gasteiger partial charge on any atom is -0.481 e. The van der Waals surface area contributed by atoms with Crippen LogP contribution in [-0.4, -0.2) is 27.4 Å². The van der Waals surface area contributed by atoms with E-state index in [4.69, 9.17) is 5.11 Å². The summed E-state index contributed by atoms with van der Waals surface area (Å²) in [6.45, 7) is 1.67. The lowest BCUT2D eigenvalue weighted by atomic mass is 10.1. The molecule has 6 nitrogen and oxygen atoms in total. The number of hydrogen-bond donors (Lipinski definition) is 3. The fourth-order valence-corrected chi connectivity index (χ4v) is 1.77. The van der Waals surface area contributed by atoms with Crippen LogP contribution in [0.4, 0.5) is 0 Å². The number of H-pyrrole nitrogens is 1. The van der Waals surface area contributed by atoms with Crippen molar-refractivity contribution in [2.45, 2.75) is 25.9 Å². The van der Waals surface area contributed by atoms with Gasteiger partial charge in [-0.05, 0) is 13.0 Å². The molecule has 1 aromatic rings. The van der Waals surface area contributed by atoms with Gasteiger partial charge in [0.1, 0.15) is 0 Å². The average molecular weight is 211 g/mol. The quantitative estimate of drug-likeness (QED) is 0.616. The summed E-state index contributed by atoms with van der Waals surface area (Å²) in [5.74, 6) is -0.896. The molecule has 0 amide bonds. The highest BCUT2D eigenvalue weighted by Gasteiger charge is 2.17. The first-order chi connectivity index (χ1) is 7.18. The van der Waals surface area contributed by atoms with Crippen molar-refractivity contribution in [2.75, 3.05) is 6.54 Å². The van der Waals surface area contributed by atoms with E-state index in [9.17, 15) is 9.59 Å². The maximum absolute atomic E-state index is 11.7. The first-order valence-corrected chi connectivity index (χ1v) is 4.91. The maximum Gasteiger partial charge on any atom is 0.305 e. The van der Waals surface area contributed by atoms with E-state index in [-0.39, 0.29) is 18.5 Å². The van der Waals surface area contributed by atoms with Crippen molar-refractivity contribution >= 4 is 5.97 Å². The van der Waals surface area contributed by atoms with Crippen molar-refractivity contribution in [3.63, 3.8) is 0 Å². The zero-order valence-electron chi connectivity index (χ0n) is 8.25. The van der Waals surface area contributed by atoms with E-state index in [2.05, 4.69) is 10.4 Å². The van der Waals surface area contributed by atoms with Crippen LogP contribution in [0, 0.1) is 0 Å². The third-order valence-electron chi connectivity index (χ3n) is 2.54. The van der Waals surface area contributed by atoms with Crippen molar-refractivity contribution in [3.05, 3.63) is 21.6 Å². The minimum absolute atomic E-state index is 0.0350. The second kappa shape index (κ2) is 3.90. The second-order valence-corrected chi connectivity index (χ2v) is 3.60. The van der Waals surface area contributed by atoms with E-state index in [1.807, 2.05) is 0 Å². The summed E-state index contributed by atoms with van der Waals surface area (Å²) in [7, 11) is 0. The molecule has 1 aromatic heterocycles. The number of aromatic amines is 1. The molecule has 0 fully saturated rings. The van der Waals surface area contributed by atoms with Crippen LogP contribution in [0.5, 0.6) is 0 Å². The minimum atomic E-state index is -0.896. The molecule has 1 aliphatic rings. The first-order valence-electron chi connectivity index (χ1n) is 4.91. The van der Waals surface area contributed by atoms with Crippen LogP contribution in [0.1, 0.15) is 17.7 Å². The van der Waals surface area contributed by atoms with E-state index in [1.165, 1.54) is 4.68 Å². The Labute approximate surface area is 85.9 Å². The third kappa shape index (κ3) is 1.94. The predicted molar refractivity (Wildman–Crippen MR) is 52.7 cm³/mol. The van der Waals surface area contributed by atoms with Crippen molar-refractivity contribution < 1.29 is 9.90 Å². The fraction of sp³-hybridized carbons (Fsp3) is 0.556. The lowest BCUT2D eigenvalue weighted by molar-refractivity contribution is -0.137. The Morgan fingerprint density at radius 1 is 1.53 bits per heavy atom. The Kier molecular flexibility index (Phi) is 2.59. The summed E-state index contributed by atoms with van der Waals surface area (Å²) in [6.07, 6.45) is 0.678. The van der Waals surface area contributed by atoms with Gasteiger partial charge in [-0.25, -0.2) is 0 Å². The number of hydrogen-bond acceptors (Lipinski definition) is 3. The highest BCUT2D eigenvalue weighted by molar-refractivity contribution is 5.66. The number of aliphatic carboxylic acids is 1. The van der Waals surface area contributed by atoms with Gasteiger partial charge in [-0.1, -0.05) is 0 Å². The zero-order chi connectivity index (χ0) is 10.8. The molecule has 6 heteroatoms. The van der Waals surface area contributed by atoms with Gasteiger partial charge in [0.15, 0.2) is 0 Å². The first kappa shape index (κ1) is 9.97. The molecule has 15 heavy (non-hydrogen) atoms. The monoisotopic (exact) mass is 211 g/mol. The molecular formula is C9H13N3O3. The van der Waals surface area contributed by atoms with Gasteiger partial charge in [-0.2, -0.15) is 0 Å². The molecule has 1 aliphatic heterocycles. The zero-order valence-corrected chi connectivity index (χ0v) is 8.25. The fourth-order valence-electron chi connectivity index (χ4n) is 1.77. The van der Waals surface area contributed by atoms with Gasteiger partial charge in [0.25, 0.3) is 5.56 Å². The molecule has 0 aromatic carbocycles. The van der Waals surface area contributed by atoms with E-state index >= 15 is 0 Å². The lowest BCUT2D eigenvalue weighted by Gasteiger charge is -2.09. The number of carboxylic acids is 1. The molecule has 3 N–H and O–H groups in total. The van der Waals surface area contributed by atoms with Gasteiger partial charge in [0, 0.05) is 12.1 Å². The lowest BCUT2D eigenvalue weighted by Crippen LogP contribution is -2.27. The van der Waals surface area contributed by atoms with Crippen molar-refractivity contribution in [3.8, 4) is 0 Å². The van der Waals surface area contributed by atoms with Gasteiger partial charge in [0.2, 0.25) is 0 Å². The van der Waals surface area contributed by atoms with Gasteiger partial charge >= 0.3 is 5.97 Å². The molecule has 0 aliphatic carbocycles. The van der Waals surface area contributed by atoms with E-state index in [1.54, 1.807) is 0 Å². The molecule has 0 atom stereocenters. The number of carboxylic acid groups (broad SMARTS) is 1. The summed E-state index contributed by atoms with van der Waals surface area (Å²) >= 11 is 0. The Morgan fingerprint density at radius 2 is 2.33 bits per heavy atom. The highest BCUT2D eigenvalue weighted by atomic mass is 16.4. The number of carbonyl (C=O) groups is 1. The van der Waals surface area contributed by atoms with Crippen LogP contribution < -0.4 is 10.9 Å². The molecule has 2 heterocycles. The summed E-state index contributed by atoms with van der Waals surface area (Å²) in [4.78, 5) is 22.1. The van der Waals surface area contributed by atoms with Gasteiger partial charge in [0.05, 0.1) is 18.7 Å². The SMILES string of the molecule is O=C(O)CCn1[nH]c2c(c1=O)CCNC2. The molecular weight excluding hydrogens is 198 g/mol. The van der Waals surface area contributed by atoms with Crippen LogP contribution in [-0.2, 0) is 24.3 Å². The van der Waals surface area contributed by atoms with Crippen LogP contribution >= 0.6 is 0 Å². The van der Waals surface area contributed by atoms with Gasteiger partial charge in [-0.3, -0.25) is 19.4 Å². The maximum atomic E-state index is 11.7. The second-order valence-electron chi connectivity index (χ2n) is 3.60. The van der Waals surface area contributed by atoms with Gasteiger partial charge < -0.3 is 10.4 Å². The molecule has 0 radical (unpaired) electrons. The van der Waals surface area contributed by atoms with Crippen LogP contribution in [0.2, 0.25) is 0 Å². The Bertz CT molecular complexity index is 432.